The second-order valence-corrected chi connectivity index (χ2v) is 5.87. The lowest BCUT2D eigenvalue weighted by atomic mass is 10.0. The van der Waals surface area contributed by atoms with Crippen LogP contribution in [0.1, 0.15) is 26.3 Å². The van der Waals surface area contributed by atoms with Crippen LogP contribution in [0.5, 0.6) is 0 Å². The van der Waals surface area contributed by atoms with E-state index in [0.717, 1.165) is 12.7 Å². The molecule has 1 amide bonds. The average Bonchev–Trinajstić information content (AvgIpc) is 2.44. The molecule has 6 heteroatoms. The number of esters is 1. The van der Waals surface area contributed by atoms with Crippen LogP contribution in [0.4, 0.5) is 9.18 Å². The van der Waals surface area contributed by atoms with E-state index in [1.807, 2.05) is 6.07 Å². The molecule has 5 nitrogen and oxygen atoms in total. The summed E-state index contributed by atoms with van der Waals surface area (Å²) in [6, 6.07) is 7.93. The van der Waals surface area contributed by atoms with Gasteiger partial charge in [-0.05, 0) is 32.8 Å². The number of alkyl carbamates (subject to hydrolysis) is 1. The lowest BCUT2D eigenvalue weighted by molar-refractivity contribution is -0.147. The van der Waals surface area contributed by atoms with Gasteiger partial charge in [0, 0.05) is 0 Å². The molecule has 2 unspecified atom stereocenters. The van der Waals surface area contributed by atoms with Crippen molar-refractivity contribution in [1.82, 2.24) is 5.32 Å². The van der Waals surface area contributed by atoms with Crippen LogP contribution >= 0.6 is 0 Å². The molecule has 0 bridgehead atoms. The summed E-state index contributed by atoms with van der Waals surface area (Å²) < 4.78 is 23.7. The van der Waals surface area contributed by atoms with E-state index >= 15 is 0 Å². The number of halogens is 1. The van der Waals surface area contributed by atoms with E-state index in [1.54, 1.807) is 45.0 Å². The van der Waals surface area contributed by atoms with Crippen LogP contribution < -0.4 is 5.32 Å². The number of amides is 1. The number of carbonyl (C=O) groups excluding carboxylic acids is 2. The van der Waals surface area contributed by atoms with Gasteiger partial charge in [0.15, 0.2) is 0 Å². The molecule has 1 N–H and O–H groups in total. The van der Waals surface area contributed by atoms with Crippen LogP contribution in [0.25, 0.3) is 0 Å². The number of hydrogen-bond donors (Lipinski definition) is 1. The van der Waals surface area contributed by atoms with Gasteiger partial charge in [0.05, 0.1) is 13.2 Å². The van der Waals surface area contributed by atoms with Crippen LogP contribution in [0.2, 0.25) is 0 Å². The first-order valence-electron chi connectivity index (χ1n) is 6.98. The molecule has 0 saturated carbocycles. The molecule has 0 aliphatic heterocycles. The minimum Gasteiger partial charge on any atom is -0.467 e. The lowest BCUT2D eigenvalue weighted by Crippen LogP contribution is -2.48. The quantitative estimate of drug-likeness (QED) is 0.849. The van der Waals surface area contributed by atoms with Crippen LogP contribution in [-0.4, -0.2) is 37.0 Å². The highest BCUT2D eigenvalue weighted by atomic mass is 19.1. The number of methoxy groups -OCH3 is 1. The fraction of sp³-hybridized carbons (Fsp3) is 0.500. The molecule has 22 heavy (non-hydrogen) atoms. The molecule has 0 fully saturated rings. The van der Waals surface area contributed by atoms with E-state index in [2.05, 4.69) is 10.1 Å². The minimum absolute atomic E-state index is 0.149. The third-order valence-electron chi connectivity index (χ3n) is 2.78. The van der Waals surface area contributed by atoms with Crippen LogP contribution in [0.15, 0.2) is 30.3 Å². The van der Waals surface area contributed by atoms with Crippen molar-refractivity contribution in [2.24, 2.45) is 0 Å². The fourth-order valence-corrected chi connectivity index (χ4v) is 1.83. The molecule has 2 atom stereocenters. The molecule has 0 heterocycles. The van der Waals surface area contributed by atoms with Gasteiger partial charge in [-0.25, -0.2) is 14.0 Å². The molecule has 0 spiro atoms. The van der Waals surface area contributed by atoms with Crippen LogP contribution in [0.3, 0.4) is 0 Å². The maximum absolute atomic E-state index is 14.2. The summed E-state index contributed by atoms with van der Waals surface area (Å²) in [5, 5.41) is 2.40. The SMILES string of the molecule is COC(=O)C(F)C(Cc1ccccc1)NC(=O)OC(C)(C)C. The number of ether oxygens (including phenoxy) is 2. The molecule has 0 saturated heterocycles. The molecule has 0 aliphatic rings. The first-order valence-corrected chi connectivity index (χ1v) is 6.98. The van der Waals surface area contributed by atoms with Gasteiger partial charge in [-0.2, -0.15) is 0 Å². The minimum atomic E-state index is -1.97. The smallest absolute Gasteiger partial charge is 0.407 e. The summed E-state index contributed by atoms with van der Waals surface area (Å²) in [5.74, 6) is -1.03. The van der Waals surface area contributed by atoms with E-state index < -0.39 is 29.9 Å². The molecule has 122 valence electrons. The van der Waals surface area contributed by atoms with Gasteiger partial charge in [-0.1, -0.05) is 30.3 Å². The first-order chi connectivity index (χ1) is 10.2. The third-order valence-corrected chi connectivity index (χ3v) is 2.78. The molecule has 1 aromatic rings. The molecular formula is C16H22FNO4. The maximum Gasteiger partial charge on any atom is 0.407 e. The zero-order chi connectivity index (χ0) is 16.8. The topological polar surface area (TPSA) is 64.6 Å². The maximum atomic E-state index is 14.2. The van der Waals surface area contributed by atoms with Crippen molar-refractivity contribution in [3.63, 3.8) is 0 Å². The van der Waals surface area contributed by atoms with Crippen molar-refractivity contribution in [2.75, 3.05) is 7.11 Å². The summed E-state index contributed by atoms with van der Waals surface area (Å²) in [6.07, 6.45) is -2.60. The highest BCUT2D eigenvalue weighted by molar-refractivity contribution is 5.77. The number of hydrogen-bond acceptors (Lipinski definition) is 4. The Morgan fingerprint density at radius 1 is 1.23 bits per heavy atom. The Hall–Kier alpha value is -2.11. The van der Waals surface area contributed by atoms with Crippen molar-refractivity contribution in [1.29, 1.82) is 0 Å². The first kappa shape index (κ1) is 17.9. The van der Waals surface area contributed by atoms with Crippen molar-refractivity contribution in [2.45, 2.75) is 45.0 Å². The summed E-state index contributed by atoms with van der Waals surface area (Å²) in [4.78, 5) is 23.2. The Balaban J connectivity index is 2.82. The van der Waals surface area contributed by atoms with Gasteiger partial charge >= 0.3 is 12.1 Å². The Morgan fingerprint density at radius 3 is 2.32 bits per heavy atom. The number of benzene rings is 1. The van der Waals surface area contributed by atoms with Gasteiger partial charge in [-0.3, -0.25) is 0 Å². The standard InChI is InChI=1S/C16H22FNO4/c1-16(2,3)22-15(20)18-12(13(17)14(19)21-4)10-11-8-6-5-7-9-11/h5-9,12-13H,10H2,1-4H3,(H,18,20). The predicted octanol–water partition coefficient (Wildman–Crippen LogP) is 2.63. The van der Waals surface area contributed by atoms with Gasteiger partial charge in [-0.15, -0.1) is 0 Å². The van der Waals surface area contributed by atoms with Gasteiger partial charge in [0.1, 0.15) is 5.60 Å². The van der Waals surface area contributed by atoms with Gasteiger partial charge < -0.3 is 14.8 Å². The van der Waals surface area contributed by atoms with E-state index in [0.29, 0.717) is 0 Å². The number of rotatable bonds is 5. The second-order valence-electron chi connectivity index (χ2n) is 5.87. The van der Waals surface area contributed by atoms with Crippen molar-refractivity contribution in [3.8, 4) is 0 Å². The van der Waals surface area contributed by atoms with Gasteiger partial charge in [0.25, 0.3) is 0 Å². The Morgan fingerprint density at radius 2 is 1.82 bits per heavy atom. The van der Waals surface area contributed by atoms with E-state index in [1.165, 1.54) is 0 Å². The lowest BCUT2D eigenvalue weighted by Gasteiger charge is -2.24. The highest BCUT2D eigenvalue weighted by Crippen LogP contribution is 2.12. The number of nitrogens with one attached hydrogen (secondary N) is 1. The van der Waals surface area contributed by atoms with Crippen LogP contribution in [-0.2, 0) is 20.7 Å². The molecule has 0 radical (unpaired) electrons. The average molecular weight is 311 g/mol. The van der Waals surface area contributed by atoms with Crippen molar-refractivity contribution in [3.05, 3.63) is 35.9 Å². The Labute approximate surface area is 129 Å². The van der Waals surface area contributed by atoms with E-state index in [4.69, 9.17) is 4.74 Å². The molecule has 1 rings (SSSR count). The molecular weight excluding hydrogens is 289 g/mol. The molecule has 0 aromatic heterocycles. The zero-order valence-corrected chi connectivity index (χ0v) is 13.3. The zero-order valence-electron chi connectivity index (χ0n) is 13.3. The number of carbonyl (C=O) groups is 2. The van der Waals surface area contributed by atoms with Crippen molar-refractivity contribution < 1.29 is 23.5 Å². The predicted molar refractivity (Wildman–Crippen MR) is 80.2 cm³/mol. The largest absolute Gasteiger partial charge is 0.467 e. The molecule has 1 aromatic carbocycles. The normalized spacial score (nSPS) is 13.9. The third kappa shape index (κ3) is 6.11. The van der Waals surface area contributed by atoms with Gasteiger partial charge in [0.2, 0.25) is 6.17 Å². The van der Waals surface area contributed by atoms with E-state index in [-0.39, 0.29) is 6.42 Å². The Bertz CT molecular complexity index is 499. The van der Waals surface area contributed by atoms with E-state index in [9.17, 15) is 14.0 Å². The van der Waals surface area contributed by atoms with Crippen LogP contribution in [0, 0.1) is 0 Å². The molecule has 0 aliphatic carbocycles. The second kappa shape index (κ2) is 7.77. The monoisotopic (exact) mass is 311 g/mol. The number of alkyl halides is 1. The summed E-state index contributed by atoms with van der Waals surface area (Å²) in [5.41, 5.74) is 0.0773. The summed E-state index contributed by atoms with van der Waals surface area (Å²) in [6.45, 7) is 5.10. The fourth-order valence-electron chi connectivity index (χ4n) is 1.83. The summed E-state index contributed by atoms with van der Waals surface area (Å²) in [7, 11) is 1.10. The van der Waals surface area contributed by atoms with Crippen molar-refractivity contribution >= 4 is 12.1 Å². The highest BCUT2D eigenvalue weighted by Gasteiger charge is 2.32. The Kier molecular flexibility index (Phi) is 6.34. The summed E-state index contributed by atoms with van der Waals surface area (Å²) >= 11 is 0.